The zero-order valence-electron chi connectivity index (χ0n) is 11.3. The predicted octanol–water partition coefficient (Wildman–Crippen LogP) is 3.64. The maximum atomic E-state index is 12.1. The fourth-order valence-corrected chi connectivity index (χ4v) is 2.86. The van der Waals surface area contributed by atoms with Crippen LogP contribution < -0.4 is 11.1 Å². The second-order valence-corrected chi connectivity index (χ2v) is 5.97. The maximum Gasteiger partial charge on any atom is 0.226 e. The Morgan fingerprint density at radius 1 is 1.37 bits per heavy atom. The van der Waals surface area contributed by atoms with Crippen molar-refractivity contribution >= 4 is 23.2 Å². The van der Waals surface area contributed by atoms with Gasteiger partial charge in [0.2, 0.25) is 5.91 Å². The van der Waals surface area contributed by atoms with Crippen molar-refractivity contribution in [1.29, 1.82) is 0 Å². The lowest BCUT2D eigenvalue weighted by atomic mass is 9.80. The van der Waals surface area contributed by atoms with E-state index in [1.54, 1.807) is 0 Å². The van der Waals surface area contributed by atoms with Gasteiger partial charge >= 0.3 is 0 Å². The van der Waals surface area contributed by atoms with Crippen LogP contribution >= 0.6 is 11.6 Å². The average molecular weight is 281 g/mol. The van der Waals surface area contributed by atoms with Gasteiger partial charge in [-0.05, 0) is 37.5 Å². The molecule has 0 saturated heterocycles. The average Bonchev–Trinajstić information content (AvgIpc) is 2.35. The Hall–Kier alpha value is -1.06. The summed E-state index contributed by atoms with van der Waals surface area (Å²) in [6, 6.07) is 5.52. The Labute approximate surface area is 119 Å². The highest BCUT2D eigenvalue weighted by molar-refractivity contribution is 6.31. The summed E-state index contributed by atoms with van der Waals surface area (Å²) in [5.74, 6) is -0.0187. The lowest BCUT2D eigenvalue weighted by Gasteiger charge is -2.32. The van der Waals surface area contributed by atoms with E-state index in [-0.39, 0.29) is 11.4 Å². The first-order chi connectivity index (χ1) is 9.00. The van der Waals surface area contributed by atoms with Crippen LogP contribution in [0.4, 0.5) is 5.69 Å². The largest absolute Gasteiger partial charge is 0.326 e. The van der Waals surface area contributed by atoms with Crippen LogP contribution in [0.5, 0.6) is 0 Å². The van der Waals surface area contributed by atoms with Crippen LogP contribution in [0.25, 0.3) is 0 Å². The summed E-state index contributed by atoms with van der Waals surface area (Å²) < 4.78 is 0. The second-order valence-electron chi connectivity index (χ2n) is 5.56. The van der Waals surface area contributed by atoms with E-state index in [9.17, 15) is 4.79 Å². The Balaban J connectivity index is 1.99. The van der Waals surface area contributed by atoms with E-state index in [1.165, 1.54) is 6.42 Å². The minimum absolute atomic E-state index is 0.0187. The molecule has 0 aromatic heterocycles. The first-order valence-corrected chi connectivity index (χ1v) is 7.22. The molecule has 104 valence electrons. The van der Waals surface area contributed by atoms with Gasteiger partial charge in [0.1, 0.15) is 0 Å². The van der Waals surface area contributed by atoms with E-state index < -0.39 is 0 Å². The van der Waals surface area contributed by atoms with Crippen LogP contribution in [-0.2, 0) is 4.79 Å². The van der Waals surface area contributed by atoms with E-state index in [2.05, 4.69) is 5.32 Å². The number of hydrogen-bond donors (Lipinski definition) is 2. The predicted molar refractivity (Wildman–Crippen MR) is 79.4 cm³/mol. The Morgan fingerprint density at radius 2 is 2.05 bits per heavy atom. The number of amides is 1. The van der Waals surface area contributed by atoms with Crippen molar-refractivity contribution in [1.82, 2.24) is 0 Å². The first kappa shape index (κ1) is 14.4. The molecule has 3 N–H and O–H groups in total. The fourth-order valence-electron chi connectivity index (χ4n) is 2.69. The molecule has 0 bridgehead atoms. The maximum absolute atomic E-state index is 12.1. The van der Waals surface area contributed by atoms with Crippen molar-refractivity contribution in [2.45, 2.75) is 51.0 Å². The van der Waals surface area contributed by atoms with Gasteiger partial charge in [-0.3, -0.25) is 4.79 Å². The molecule has 1 aliphatic rings. The summed E-state index contributed by atoms with van der Waals surface area (Å²) in [5, 5.41) is 3.58. The van der Waals surface area contributed by atoms with Crippen molar-refractivity contribution in [2.75, 3.05) is 5.32 Å². The molecule has 0 radical (unpaired) electrons. The number of nitrogens with one attached hydrogen (secondary N) is 1. The fraction of sp³-hybridized carbons (Fsp3) is 0.533. The van der Waals surface area contributed by atoms with Crippen LogP contribution in [0.2, 0.25) is 5.02 Å². The molecule has 0 aliphatic heterocycles. The molecule has 0 spiro atoms. The van der Waals surface area contributed by atoms with Crippen molar-refractivity contribution in [3.05, 3.63) is 28.8 Å². The van der Waals surface area contributed by atoms with Gasteiger partial charge in [0, 0.05) is 22.7 Å². The number of rotatable bonds is 3. The lowest BCUT2D eigenvalue weighted by molar-refractivity contribution is -0.117. The van der Waals surface area contributed by atoms with Gasteiger partial charge in [0.05, 0.1) is 0 Å². The molecule has 2 rings (SSSR count). The van der Waals surface area contributed by atoms with Crippen molar-refractivity contribution in [3.8, 4) is 0 Å². The summed E-state index contributed by atoms with van der Waals surface area (Å²) >= 11 is 6.04. The zero-order chi connectivity index (χ0) is 13.9. The lowest BCUT2D eigenvalue weighted by Crippen LogP contribution is -2.44. The standard InChI is InChI=1S/C15H21ClN2O/c1-11-12(16)6-5-7-13(11)18-14(19)10-15(17)8-3-2-4-9-15/h5-7H,2-4,8-10,17H2,1H3,(H,18,19). The third kappa shape index (κ3) is 3.71. The van der Waals surface area contributed by atoms with Gasteiger partial charge in [-0.15, -0.1) is 0 Å². The quantitative estimate of drug-likeness (QED) is 0.888. The highest BCUT2D eigenvalue weighted by Gasteiger charge is 2.30. The van der Waals surface area contributed by atoms with E-state index in [1.807, 2.05) is 25.1 Å². The molecule has 0 unspecified atom stereocenters. The number of carbonyl (C=O) groups excluding carboxylic acids is 1. The number of anilines is 1. The van der Waals surface area contributed by atoms with Crippen molar-refractivity contribution < 1.29 is 4.79 Å². The molecule has 0 heterocycles. The summed E-state index contributed by atoms with van der Waals surface area (Å²) in [4.78, 5) is 12.1. The van der Waals surface area contributed by atoms with Gasteiger partial charge in [0.15, 0.2) is 0 Å². The summed E-state index contributed by atoms with van der Waals surface area (Å²) in [6.07, 6.45) is 5.75. The van der Waals surface area contributed by atoms with Crippen LogP contribution in [0.15, 0.2) is 18.2 Å². The molecule has 19 heavy (non-hydrogen) atoms. The Morgan fingerprint density at radius 3 is 2.74 bits per heavy atom. The number of nitrogens with two attached hydrogens (primary N) is 1. The monoisotopic (exact) mass is 280 g/mol. The molecule has 1 saturated carbocycles. The summed E-state index contributed by atoms with van der Waals surface area (Å²) in [5.41, 5.74) is 7.64. The first-order valence-electron chi connectivity index (χ1n) is 6.84. The van der Waals surface area contributed by atoms with Gasteiger partial charge in [-0.1, -0.05) is 36.9 Å². The van der Waals surface area contributed by atoms with Gasteiger partial charge in [-0.25, -0.2) is 0 Å². The molecular formula is C15H21ClN2O. The summed E-state index contributed by atoms with van der Waals surface area (Å²) in [7, 11) is 0. The molecule has 3 nitrogen and oxygen atoms in total. The molecular weight excluding hydrogens is 260 g/mol. The number of halogens is 1. The number of hydrogen-bond acceptors (Lipinski definition) is 2. The van der Waals surface area contributed by atoms with Gasteiger partial charge in [-0.2, -0.15) is 0 Å². The highest BCUT2D eigenvalue weighted by Crippen LogP contribution is 2.29. The van der Waals surface area contributed by atoms with Crippen LogP contribution in [-0.4, -0.2) is 11.4 Å². The third-order valence-corrected chi connectivity index (χ3v) is 4.31. The second kappa shape index (κ2) is 5.93. The molecule has 1 amide bonds. The minimum Gasteiger partial charge on any atom is -0.326 e. The molecule has 0 atom stereocenters. The zero-order valence-corrected chi connectivity index (χ0v) is 12.1. The van der Waals surface area contributed by atoms with E-state index in [0.717, 1.165) is 36.9 Å². The highest BCUT2D eigenvalue weighted by atomic mass is 35.5. The van der Waals surface area contributed by atoms with Crippen molar-refractivity contribution in [3.63, 3.8) is 0 Å². The van der Waals surface area contributed by atoms with Crippen molar-refractivity contribution in [2.24, 2.45) is 5.73 Å². The Bertz CT molecular complexity index is 467. The van der Waals surface area contributed by atoms with Gasteiger partial charge in [0.25, 0.3) is 0 Å². The molecule has 1 fully saturated rings. The minimum atomic E-state index is -0.325. The van der Waals surface area contributed by atoms with Crippen LogP contribution in [0, 0.1) is 6.92 Å². The topological polar surface area (TPSA) is 55.1 Å². The van der Waals surface area contributed by atoms with E-state index >= 15 is 0 Å². The van der Waals surface area contributed by atoms with Gasteiger partial charge < -0.3 is 11.1 Å². The smallest absolute Gasteiger partial charge is 0.226 e. The normalized spacial score (nSPS) is 18.1. The van der Waals surface area contributed by atoms with E-state index in [0.29, 0.717) is 11.4 Å². The molecule has 4 heteroatoms. The molecule has 1 aliphatic carbocycles. The number of carbonyl (C=O) groups is 1. The van der Waals surface area contributed by atoms with E-state index in [4.69, 9.17) is 17.3 Å². The SMILES string of the molecule is Cc1c(Cl)cccc1NC(=O)CC1(N)CCCCC1. The summed E-state index contributed by atoms with van der Waals surface area (Å²) in [6.45, 7) is 1.90. The molecule has 1 aromatic rings. The van der Waals surface area contributed by atoms with Crippen LogP contribution in [0.1, 0.15) is 44.1 Å². The van der Waals surface area contributed by atoms with Crippen LogP contribution in [0.3, 0.4) is 0 Å². The molecule has 1 aromatic carbocycles. The Kier molecular flexibility index (Phi) is 4.48. The third-order valence-electron chi connectivity index (χ3n) is 3.90. The number of benzene rings is 1.